The summed E-state index contributed by atoms with van der Waals surface area (Å²) < 4.78 is 29.8. The van der Waals surface area contributed by atoms with E-state index in [2.05, 4.69) is 15.0 Å². The van der Waals surface area contributed by atoms with Crippen molar-refractivity contribution in [2.24, 2.45) is 0 Å². The summed E-state index contributed by atoms with van der Waals surface area (Å²) in [6.45, 7) is 2.66. The second-order valence-electron chi connectivity index (χ2n) is 4.69. The van der Waals surface area contributed by atoms with E-state index in [-0.39, 0.29) is 0 Å². The summed E-state index contributed by atoms with van der Waals surface area (Å²) in [5.74, 6) is 0. The molecular weight excluding hydrogens is 278 g/mol. The molecule has 0 bridgehead atoms. The van der Waals surface area contributed by atoms with Gasteiger partial charge < -0.3 is 9.88 Å². The van der Waals surface area contributed by atoms with E-state index in [1.54, 1.807) is 19.6 Å². The number of nitrogens with zero attached hydrogens (tertiary/aromatic N) is 3. The summed E-state index contributed by atoms with van der Waals surface area (Å²) in [5.41, 5.74) is 0. The van der Waals surface area contributed by atoms with Crippen LogP contribution in [-0.2, 0) is 16.8 Å². The minimum absolute atomic E-state index is 0.466. The van der Waals surface area contributed by atoms with Crippen LogP contribution in [0.2, 0.25) is 0 Å². The fourth-order valence-corrected chi connectivity index (χ4v) is 2.74. The SMILES string of the molecule is CNCCCN(C)S(=O)(=O)NCCCCn1ccnc1. The average Bonchev–Trinajstić information content (AvgIpc) is 2.91. The maximum absolute atomic E-state index is 11.9. The van der Waals surface area contributed by atoms with Crippen molar-refractivity contribution in [1.82, 2.24) is 23.9 Å². The predicted molar refractivity (Wildman–Crippen MR) is 79.6 cm³/mol. The topological polar surface area (TPSA) is 79.3 Å². The molecule has 0 aliphatic carbocycles. The van der Waals surface area contributed by atoms with E-state index < -0.39 is 10.2 Å². The Balaban J connectivity index is 2.15. The summed E-state index contributed by atoms with van der Waals surface area (Å²) in [4.78, 5) is 3.96. The van der Waals surface area contributed by atoms with Crippen molar-refractivity contribution in [2.45, 2.75) is 25.8 Å². The number of hydrogen-bond acceptors (Lipinski definition) is 4. The van der Waals surface area contributed by atoms with Crippen LogP contribution >= 0.6 is 0 Å². The van der Waals surface area contributed by atoms with Crippen molar-refractivity contribution in [1.29, 1.82) is 0 Å². The Hall–Kier alpha value is -0.960. The summed E-state index contributed by atoms with van der Waals surface area (Å²) in [5, 5.41) is 3.00. The van der Waals surface area contributed by atoms with Gasteiger partial charge in [0.2, 0.25) is 0 Å². The van der Waals surface area contributed by atoms with Gasteiger partial charge in [0, 0.05) is 39.1 Å². The van der Waals surface area contributed by atoms with Crippen LogP contribution in [0.5, 0.6) is 0 Å². The van der Waals surface area contributed by atoms with Gasteiger partial charge in [0.15, 0.2) is 0 Å². The number of aromatic nitrogens is 2. The van der Waals surface area contributed by atoms with Crippen LogP contribution in [0.3, 0.4) is 0 Å². The molecule has 1 rings (SSSR count). The highest BCUT2D eigenvalue weighted by molar-refractivity contribution is 7.87. The van der Waals surface area contributed by atoms with Gasteiger partial charge in [0.05, 0.1) is 6.33 Å². The second-order valence-corrected chi connectivity index (χ2v) is 6.55. The van der Waals surface area contributed by atoms with E-state index in [1.165, 1.54) is 4.31 Å². The highest BCUT2D eigenvalue weighted by atomic mass is 32.2. The van der Waals surface area contributed by atoms with Gasteiger partial charge in [-0.15, -0.1) is 0 Å². The maximum Gasteiger partial charge on any atom is 0.279 e. The predicted octanol–water partition coefficient (Wildman–Crippen LogP) is 0.0390. The Labute approximate surface area is 121 Å². The van der Waals surface area contributed by atoms with Gasteiger partial charge in [-0.1, -0.05) is 0 Å². The van der Waals surface area contributed by atoms with Crippen LogP contribution in [0.4, 0.5) is 0 Å². The molecule has 1 aromatic rings. The molecule has 116 valence electrons. The zero-order valence-corrected chi connectivity index (χ0v) is 13.1. The third kappa shape index (κ3) is 6.47. The molecule has 0 saturated heterocycles. The molecule has 8 heteroatoms. The Morgan fingerprint density at radius 1 is 1.25 bits per heavy atom. The smallest absolute Gasteiger partial charge is 0.279 e. The number of hydrogen-bond donors (Lipinski definition) is 2. The second kappa shape index (κ2) is 9.06. The highest BCUT2D eigenvalue weighted by Gasteiger charge is 2.15. The van der Waals surface area contributed by atoms with Crippen LogP contribution in [-0.4, -0.2) is 56.0 Å². The van der Waals surface area contributed by atoms with Gasteiger partial charge in [-0.2, -0.15) is 12.7 Å². The number of nitrogens with one attached hydrogen (secondary N) is 2. The third-order valence-corrected chi connectivity index (χ3v) is 4.57. The Morgan fingerprint density at radius 2 is 2.05 bits per heavy atom. The summed E-state index contributed by atoms with van der Waals surface area (Å²) >= 11 is 0. The number of rotatable bonds is 11. The Kier molecular flexibility index (Phi) is 7.75. The molecule has 0 aromatic carbocycles. The first kappa shape index (κ1) is 17.1. The molecule has 0 fully saturated rings. The van der Waals surface area contributed by atoms with Crippen LogP contribution < -0.4 is 10.0 Å². The van der Waals surface area contributed by atoms with Gasteiger partial charge in [-0.05, 0) is 32.9 Å². The van der Waals surface area contributed by atoms with Gasteiger partial charge >= 0.3 is 0 Å². The van der Waals surface area contributed by atoms with Crippen molar-refractivity contribution in [3.63, 3.8) is 0 Å². The van der Waals surface area contributed by atoms with Crippen LogP contribution in [0, 0.1) is 0 Å². The largest absolute Gasteiger partial charge is 0.337 e. The van der Waals surface area contributed by atoms with E-state index in [0.717, 1.165) is 32.4 Å². The molecule has 0 spiro atoms. The Bertz CT molecular complexity index is 446. The van der Waals surface area contributed by atoms with E-state index in [0.29, 0.717) is 13.1 Å². The summed E-state index contributed by atoms with van der Waals surface area (Å²) in [6.07, 6.45) is 7.93. The first-order valence-corrected chi connectivity index (χ1v) is 8.31. The first-order chi connectivity index (χ1) is 9.56. The van der Waals surface area contributed by atoms with E-state index in [1.807, 2.05) is 17.8 Å². The molecule has 0 aliphatic rings. The minimum Gasteiger partial charge on any atom is -0.337 e. The first-order valence-electron chi connectivity index (χ1n) is 6.87. The normalized spacial score (nSPS) is 12.2. The molecule has 2 N–H and O–H groups in total. The average molecular weight is 303 g/mol. The summed E-state index contributed by atoms with van der Waals surface area (Å²) in [7, 11) is 0.116. The van der Waals surface area contributed by atoms with E-state index in [9.17, 15) is 8.42 Å². The highest BCUT2D eigenvalue weighted by Crippen LogP contribution is 1.98. The molecule has 7 nitrogen and oxygen atoms in total. The molecular formula is C12H25N5O2S. The van der Waals surface area contributed by atoms with Crippen molar-refractivity contribution in [3.8, 4) is 0 Å². The fourth-order valence-electron chi connectivity index (χ4n) is 1.75. The molecule has 20 heavy (non-hydrogen) atoms. The number of aryl methyl sites for hydroxylation is 1. The summed E-state index contributed by atoms with van der Waals surface area (Å²) in [6, 6.07) is 0. The monoisotopic (exact) mass is 303 g/mol. The van der Waals surface area contributed by atoms with Gasteiger partial charge in [0.25, 0.3) is 10.2 Å². The molecule has 0 unspecified atom stereocenters. The lowest BCUT2D eigenvalue weighted by Gasteiger charge is -2.17. The molecule has 1 heterocycles. The van der Waals surface area contributed by atoms with Crippen LogP contribution in [0.25, 0.3) is 0 Å². The lowest BCUT2D eigenvalue weighted by molar-refractivity contribution is 0.446. The quantitative estimate of drug-likeness (QED) is 0.566. The maximum atomic E-state index is 11.9. The fraction of sp³-hybridized carbons (Fsp3) is 0.750. The molecule has 0 saturated carbocycles. The van der Waals surface area contributed by atoms with E-state index in [4.69, 9.17) is 0 Å². The molecule has 1 aromatic heterocycles. The molecule has 0 radical (unpaired) electrons. The molecule has 0 aliphatic heterocycles. The van der Waals surface area contributed by atoms with Crippen LogP contribution in [0.1, 0.15) is 19.3 Å². The van der Waals surface area contributed by atoms with Crippen molar-refractivity contribution in [3.05, 3.63) is 18.7 Å². The molecule has 0 atom stereocenters. The number of unbranched alkanes of at least 4 members (excludes halogenated alkanes) is 1. The number of imidazole rings is 1. The van der Waals surface area contributed by atoms with Crippen molar-refractivity contribution in [2.75, 3.05) is 33.7 Å². The third-order valence-electron chi connectivity index (χ3n) is 3.00. The lowest BCUT2D eigenvalue weighted by Crippen LogP contribution is -2.39. The van der Waals surface area contributed by atoms with Gasteiger partial charge in [-0.25, -0.2) is 9.71 Å². The van der Waals surface area contributed by atoms with E-state index >= 15 is 0 Å². The van der Waals surface area contributed by atoms with Crippen LogP contribution in [0.15, 0.2) is 18.7 Å². The standard InChI is InChI=1S/C12H25N5O2S/c1-13-6-5-9-16(2)20(18,19)15-7-3-4-10-17-11-8-14-12-17/h8,11-13,15H,3-7,9-10H2,1-2H3. The Morgan fingerprint density at radius 3 is 2.70 bits per heavy atom. The zero-order valence-electron chi connectivity index (χ0n) is 12.2. The van der Waals surface area contributed by atoms with Gasteiger partial charge in [0.1, 0.15) is 0 Å². The van der Waals surface area contributed by atoms with Crippen molar-refractivity contribution >= 4 is 10.2 Å². The minimum atomic E-state index is -3.34. The lowest BCUT2D eigenvalue weighted by atomic mass is 10.3. The zero-order chi connectivity index (χ0) is 14.8. The molecule has 0 amide bonds. The van der Waals surface area contributed by atoms with Crippen molar-refractivity contribution < 1.29 is 8.42 Å². The van der Waals surface area contributed by atoms with Gasteiger partial charge in [-0.3, -0.25) is 0 Å².